The summed E-state index contributed by atoms with van der Waals surface area (Å²) in [5.41, 5.74) is 0.959. The van der Waals surface area contributed by atoms with Crippen LogP contribution in [0, 0.1) is 11.8 Å². The average Bonchev–Trinajstić information content (AvgIpc) is 3.18. The Hall–Kier alpha value is -1.26. The van der Waals surface area contributed by atoms with E-state index in [0.717, 1.165) is 5.56 Å². The molecular weight excluding hydrogens is 313 g/mol. The van der Waals surface area contributed by atoms with E-state index in [4.69, 9.17) is 28.3 Å². The normalized spacial score (nSPS) is 22.0. The highest BCUT2D eigenvalue weighted by atomic mass is 35.5. The van der Waals surface area contributed by atoms with E-state index in [1.165, 1.54) is 0 Å². The van der Waals surface area contributed by atoms with Gasteiger partial charge in [-0.25, -0.2) is 4.79 Å². The highest BCUT2D eigenvalue weighted by molar-refractivity contribution is 6.42. The predicted molar refractivity (Wildman–Crippen MR) is 81.7 cm³/mol. The molecule has 1 aliphatic rings. The molecule has 2 N–H and O–H groups in total. The summed E-state index contributed by atoms with van der Waals surface area (Å²) in [7, 11) is 0. The minimum absolute atomic E-state index is 0.0846. The van der Waals surface area contributed by atoms with Crippen LogP contribution in [0.15, 0.2) is 18.2 Å². The van der Waals surface area contributed by atoms with E-state index in [0.29, 0.717) is 16.5 Å². The van der Waals surface area contributed by atoms with Gasteiger partial charge in [0.05, 0.1) is 10.0 Å². The molecule has 4 nitrogen and oxygen atoms in total. The summed E-state index contributed by atoms with van der Waals surface area (Å²) in [6, 6.07) is 4.47. The number of nitrogens with one attached hydrogen (secondary N) is 1. The van der Waals surface area contributed by atoms with Crippen LogP contribution >= 0.6 is 23.2 Å². The van der Waals surface area contributed by atoms with Gasteiger partial charge in [-0.05, 0) is 36.0 Å². The molecule has 0 aromatic heterocycles. The van der Waals surface area contributed by atoms with Crippen molar-refractivity contribution >= 4 is 35.1 Å². The summed E-state index contributed by atoms with van der Waals surface area (Å²) >= 11 is 11.8. The minimum atomic E-state index is -1.01. The molecule has 1 amide bonds. The lowest BCUT2D eigenvalue weighted by molar-refractivity contribution is -0.143. The van der Waals surface area contributed by atoms with Gasteiger partial charge < -0.3 is 10.4 Å². The number of benzene rings is 1. The molecular formula is C15H17Cl2NO3. The Kier molecular flexibility index (Phi) is 4.79. The van der Waals surface area contributed by atoms with Crippen molar-refractivity contribution in [2.24, 2.45) is 11.8 Å². The first-order valence-corrected chi connectivity index (χ1v) is 7.55. The Morgan fingerprint density at radius 3 is 2.48 bits per heavy atom. The molecule has 3 atom stereocenters. The number of hydrogen-bond donors (Lipinski definition) is 2. The zero-order valence-electron chi connectivity index (χ0n) is 11.8. The molecule has 3 unspecified atom stereocenters. The van der Waals surface area contributed by atoms with Gasteiger partial charge in [-0.2, -0.15) is 0 Å². The number of carboxylic acids is 1. The van der Waals surface area contributed by atoms with Crippen molar-refractivity contribution in [1.82, 2.24) is 5.32 Å². The fourth-order valence-corrected chi connectivity index (χ4v) is 2.68. The minimum Gasteiger partial charge on any atom is -0.480 e. The van der Waals surface area contributed by atoms with Crippen LogP contribution in [0.25, 0.3) is 0 Å². The number of aliphatic carboxylic acids is 1. The van der Waals surface area contributed by atoms with Gasteiger partial charge in [-0.3, -0.25) is 4.79 Å². The van der Waals surface area contributed by atoms with Gasteiger partial charge in [0.25, 0.3) is 0 Å². The molecule has 114 valence electrons. The van der Waals surface area contributed by atoms with Gasteiger partial charge in [0.15, 0.2) is 0 Å². The summed E-state index contributed by atoms with van der Waals surface area (Å²) in [5, 5.41) is 12.6. The number of carboxylic acid groups (broad SMARTS) is 1. The first-order chi connectivity index (χ1) is 9.81. The van der Waals surface area contributed by atoms with Gasteiger partial charge in [0, 0.05) is 5.92 Å². The lowest BCUT2D eigenvalue weighted by Crippen LogP contribution is -2.45. The maximum absolute atomic E-state index is 12.1. The molecule has 0 aliphatic heterocycles. The number of carbonyl (C=O) groups is 2. The third kappa shape index (κ3) is 3.69. The van der Waals surface area contributed by atoms with E-state index in [9.17, 15) is 9.59 Å². The van der Waals surface area contributed by atoms with E-state index in [1.807, 2.05) is 6.07 Å². The lowest BCUT2D eigenvalue weighted by atomic mass is 10.0. The van der Waals surface area contributed by atoms with Crippen LogP contribution in [0.3, 0.4) is 0 Å². The van der Waals surface area contributed by atoms with E-state index in [1.54, 1.807) is 26.0 Å². The Morgan fingerprint density at radius 1 is 1.29 bits per heavy atom. The molecule has 21 heavy (non-hydrogen) atoms. The van der Waals surface area contributed by atoms with Gasteiger partial charge >= 0.3 is 5.97 Å². The molecule has 0 bridgehead atoms. The third-order valence-electron chi connectivity index (χ3n) is 3.73. The summed E-state index contributed by atoms with van der Waals surface area (Å²) in [5.74, 6) is -1.49. The smallest absolute Gasteiger partial charge is 0.326 e. The number of rotatable bonds is 5. The summed E-state index contributed by atoms with van der Waals surface area (Å²) in [6.07, 6.45) is 0.703. The molecule has 1 aliphatic carbocycles. The highest BCUT2D eigenvalue weighted by Crippen LogP contribution is 2.48. The van der Waals surface area contributed by atoms with Crippen LogP contribution in [0.1, 0.15) is 31.7 Å². The quantitative estimate of drug-likeness (QED) is 0.870. The Labute approximate surface area is 133 Å². The molecule has 1 fully saturated rings. The molecule has 1 saturated carbocycles. The molecule has 1 aromatic rings. The van der Waals surface area contributed by atoms with Crippen LogP contribution in [0.4, 0.5) is 0 Å². The first-order valence-electron chi connectivity index (χ1n) is 6.79. The monoisotopic (exact) mass is 329 g/mol. The van der Waals surface area contributed by atoms with Crippen LogP contribution in [-0.4, -0.2) is 23.0 Å². The van der Waals surface area contributed by atoms with Gasteiger partial charge in [-0.1, -0.05) is 43.1 Å². The van der Waals surface area contributed by atoms with Crippen molar-refractivity contribution in [1.29, 1.82) is 0 Å². The van der Waals surface area contributed by atoms with Crippen molar-refractivity contribution in [3.05, 3.63) is 33.8 Å². The first kappa shape index (κ1) is 16.1. The second kappa shape index (κ2) is 6.24. The van der Waals surface area contributed by atoms with E-state index in [-0.39, 0.29) is 23.7 Å². The molecule has 6 heteroatoms. The van der Waals surface area contributed by atoms with Crippen molar-refractivity contribution in [2.75, 3.05) is 0 Å². The molecule has 0 heterocycles. The summed E-state index contributed by atoms with van der Waals surface area (Å²) in [6.45, 7) is 3.53. The predicted octanol–water partition coefficient (Wildman–Crippen LogP) is 3.32. The van der Waals surface area contributed by atoms with Crippen LogP contribution in [-0.2, 0) is 9.59 Å². The van der Waals surface area contributed by atoms with Gasteiger partial charge in [0.2, 0.25) is 5.91 Å². The van der Waals surface area contributed by atoms with Crippen LogP contribution in [0.5, 0.6) is 0 Å². The average molecular weight is 330 g/mol. The summed E-state index contributed by atoms with van der Waals surface area (Å²) < 4.78 is 0. The van der Waals surface area contributed by atoms with Gasteiger partial charge in [-0.15, -0.1) is 0 Å². The van der Waals surface area contributed by atoms with E-state index < -0.39 is 12.0 Å². The van der Waals surface area contributed by atoms with Crippen molar-refractivity contribution in [3.8, 4) is 0 Å². The highest BCUT2D eigenvalue weighted by Gasteiger charge is 2.45. The van der Waals surface area contributed by atoms with E-state index in [2.05, 4.69) is 5.32 Å². The third-order valence-corrected chi connectivity index (χ3v) is 4.47. The molecule has 0 spiro atoms. The molecule has 1 aromatic carbocycles. The fraction of sp³-hybridized carbons (Fsp3) is 0.467. The largest absolute Gasteiger partial charge is 0.480 e. The number of amides is 1. The van der Waals surface area contributed by atoms with Crippen LogP contribution in [0.2, 0.25) is 10.0 Å². The van der Waals surface area contributed by atoms with Crippen molar-refractivity contribution in [2.45, 2.75) is 32.2 Å². The zero-order valence-corrected chi connectivity index (χ0v) is 13.3. The maximum Gasteiger partial charge on any atom is 0.326 e. The van der Waals surface area contributed by atoms with E-state index >= 15 is 0 Å². The Morgan fingerprint density at radius 2 is 1.95 bits per heavy atom. The second-order valence-electron chi connectivity index (χ2n) is 5.69. The maximum atomic E-state index is 12.1. The Bertz CT molecular complexity index is 574. The SMILES string of the molecule is CC(C)C(NC(=O)C1CC1c1ccc(Cl)c(Cl)c1)C(=O)O. The number of halogens is 2. The van der Waals surface area contributed by atoms with Crippen LogP contribution < -0.4 is 5.32 Å². The zero-order chi connectivity index (χ0) is 15.7. The fourth-order valence-electron chi connectivity index (χ4n) is 2.37. The standard InChI is InChI=1S/C15H17Cl2NO3/c1-7(2)13(15(20)21)18-14(19)10-6-9(10)8-3-4-11(16)12(17)5-8/h3-5,7,9-10,13H,6H2,1-2H3,(H,18,19)(H,20,21). The number of carbonyl (C=O) groups excluding carboxylic acids is 1. The second-order valence-corrected chi connectivity index (χ2v) is 6.51. The van der Waals surface area contributed by atoms with Crippen molar-refractivity contribution in [3.63, 3.8) is 0 Å². The lowest BCUT2D eigenvalue weighted by Gasteiger charge is -2.17. The van der Waals surface area contributed by atoms with Crippen molar-refractivity contribution < 1.29 is 14.7 Å². The number of hydrogen-bond acceptors (Lipinski definition) is 2. The topological polar surface area (TPSA) is 66.4 Å². The van der Waals surface area contributed by atoms with Gasteiger partial charge in [0.1, 0.15) is 6.04 Å². The Balaban J connectivity index is 2.00. The molecule has 2 rings (SSSR count). The molecule has 0 saturated heterocycles. The summed E-state index contributed by atoms with van der Waals surface area (Å²) in [4.78, 5) is 23.2. The molecule has 0 radical (unpaired) electrons.